The lowest BCUT2D eigenvalue weighted by molar-refractivity contribution is 0.243. The number of ether oxygens (including phenoxy) is 1. The number of nitrogens with zero attached hydrogens (tertiary/aromatic N) is 3. The quantitative estimate of drug-likeness (QED) is 0.161. The number of anilines is 1. The number of aliphatic hydroxyl groups excluding tert-OH is 1. The van der Waals surface area contributed by atoms with Crippen molar-refractivity contribution in [1.82, 2.24) is 14.3 Å². The molecule has 0 bridgehead atoms. The van der Waals surface area contributed by atoms with Crippen LogP contribution in [0.2, 0.25) is 10.0 Å². The van der Waals surface area contributed by atoms with Crippen LogP contribution in [0, 0.1) is 5.41 Å². The van der Waals surface area contributed by atoms with E-state index >= 15 is 0 Å². The SMILES string of the molecule is CC(C)(C)CCOc1ccc(-c2ccc(Cc3nc(-c4ccc(Cl)cc4Cl)cn3-c3ccc(N4C=C(O)NS4(=O)=O)cc3)cc2)cc1. The summed E-state index contributed by atoms with van der Waals surface area (Å²) in [7, 11) is -3.90. The van der Waals surface area contributed by atoms with Gasteiger partial charge in [0, 0.05) is 28.9 Å². The minimum absolute atomic E-state index is 0.230. The van der Waals surface area contributed by atoms with Crippen molar-refractivity contribution in [3.8, 4) is 33.8 Å². The van der Waals surface area contributed by atoms with Crippen LogP contribution in [-0.4, -0.2) is 29.7 Å². The minimum Gasteiger partial charge on any atom is -0.494 e. The molecule has 0 saturated carbocycles. The molecule has 0 saturated heterocycles. The molecule has 5 aromatic rings. The number of nitrogens with one attached hydrogen (secondary N) is 1. The van der Waals surface area contributed by atoms with Crippen molar-refractivity contribution in [2.75, 3.05) is 10.9 Å². The maximum Gasteiger partial charge on any atom is 0.330 e. The zero-order valence-corrected chi connectivity index (χ0v) is 28.4. The fourth-order valence-electron chi connectivity index (χ4n) is 5.17. The highest BCUT2D eigenvalue weighted by Gasteiger charge is 2.28. The third-order valence-electron chi connectivity index (χ3n) is 7.73. The average Bonchev–Trinajstić information content (AvgIpc) is 3.55. The summed E-state index contributed by atoms with van der Waals surface area (Å²) in [6.07, 6.45) is 4.53. The molecular weight excluding hydrogens is 655 g/mol. The Kier molecular flexibility index (Phi) is 8.98. The van der Waals surface area contributed by atoms with Crippen molar-refractivity contribution in [2.24, 2.45) is 5.41 Å². The molecule has 2 N–H and O–H groups in total. The van der Waals surface area contributed by atoms with E-state index in [0.717, 1.165) is 56.4 Å². The van der Waals surface area contributed by atoms with Crippen LogP contribution in [0.5, 0.6) is 5.75 Å². The molecule has 1 aliphatic heterocycles. The lowest BCUT2D eigenvalue weighted by Gasteiger charge is -2.18. The van der Waals surface area contributed by atoms with Gasteiger partial charge in [-0.25, -0.2) is 14.0 Å². The average molecular weight is 690 g/mol. The van der Waals surface area contributed by atoms with Crippen LogP contribution < -0.4 is 13.8 Å². The topological polar surface area (TPSA) is 96.7 Å². The number of benzene rings is 4. The molecule has 0 amide bonds. The summed E-state index contributed by atoms with van der Waals surface area (Å²) in [5.41, 5.74) is 6.03. The summed E-state index contributed by atoms with van der Waals surface area (Å²) in [6.45, 7) is 7.30. The first-order valence-electron chi connectivity index (χ1n) is 15.0. The van der Waals surface area contributed by atoms with Gasteiger partial charge in [-0.1, -0.05) is 80.4 Å². The maximum atomic E-state index is 12.4. The summed E-state index contributed by atoms with van der Waals surface area (Å²) in [5, 5.41) is 10.7. The molecule has 11 heteroatoms. The number of aromatic nitrogens is 2. The lowest BCUT2D eigenvalue weighted by atomic mass is 9.93. The standard InChI is InChI=1S/C36H34Cl2N4O4S/c1-36(2,3)18-19-46-30-15-8-26(9-16-30)25-6-4-24(5-7-25)20-34-39-33(31-17-10-27(37)21-32(31)38)22-41(34)28-11-13-29(14-12-28)42-23-35(43)40-47(42,44)45/h4-17,21-23,40,43H,18-20H2,1-3H3. The molecule has 6 rings (SSSR count). The summed E-state index contributed by atoms with van der Waals surface area (Å²) in [4.78, 5) is 4.97. The van der Waals surface area contributed by atoms with Crippen molar-refractivity contribution < 1.29 is 18.3 Å². The van der Waals surface area contributed by atoms with Gasteiger partial charge in [0.2, 0.25) is 5.88 Å². The van der Waals surface area contributed by atoms with E-state index in [4.69, 9.17) is 32.9 Å². The summed E-state index contributed by atoms with van der Waals surface area (Å²) < 4.78 is 35.6. The molecular formula is C36H34Cl2N4O4S. The molecule has 0 unspecified atom stereocenters. The van der Waals surface area contributed by atoms with E-state index in [1.807, 2.05) is 29.0 Å². The minimum atomic E-state index is -3.90. The van der Waals surface area contributed by atoms with Crippen LogP contribution in [0.4, 0.5) is 5.69 Å². The van der Waals surface area contributed by atoms with E-state index in [0.29, 0.717) is 34.5 Å². The van der Waals surface area contributed by atoms with Crippen molar-refractivity contribution in [3.05, 3.63) is 131 Å². The maximum absolute atomic E-state index is 12.4. The van der Waals surface area contributed by atoms with Gasteiger partial charge in [0.15, 0.2) is 0 Å². The lowest BCUT2D eigenvalue weighted by Crippen LogP contribution is -2.29. The van der Waals surface area contributed by atoms with Gasteiger partial charge in [0.05, 0.1) is 29.2 Å². The van der Waals surface area contributed by atoms with Gasteiger partial charge in [0.1, 0.15) is 11.6 Å². The Labute approximate surface area is 285 Å². The summed E-state index contributed by atoms with van der Waals surface area (Å²) in [6, 6.07) is 28.7. The molecule has 8 nitrogen and oxygen atoms in total. The van der Waals surface area contributed by atoms with Gasteiger partial charge < -0.3 is 14.4 Å². The van der Waals surface area contributed by atoms with Crippen molar-refractivity contribution in [2.45, 2.75) is 33.6 Å². The summed E-state index contributed by atoms with van der Waals surface area (Å²) >= 11 is 12.7. The number of aliphatic hydroxyl groups is 1. The number of rotatable bonds is 9. The van der Waals surface area contributed by atoms with E-state index < -0.39 is 16.1 Å². The number of imidazole rings is 1. The Hall–Kier alpha value is -4.44. The molecule has 1 aromatic heterocycles. The molecule has 0 atom stereocenters. The molecule has 47 heavy (non-hydrogen) atoms. The Balaban J connectivity index is 1.26. The molecule has 242 valence electrons. The van der Waals surface area contributed by atoms with E-state index in [-0.39, 0.29) is 5.41 Å². The van der Waals surface area contributed by atoms with Crippen LogP contribution in [0.15, 0.2) is 109 Å². The Bertz CT molecular complexity index is 2040. The summed E-state index contributed by atoms with van der Waals surface area (Å²) in [5.74, 6) is 1.18. The highest BCUT2D eigenvalue weighted by Crippen LogP contribution is 2.32. The van der Waals surface area contributed by atoms with Gasteiger partial charge in [-0.2, -0.15) is 8.42 Å². The smallest absolute Gasteiger partial charge is 0.330 e. The van der Waals surface area contributed by atoms with Gasteiger partial charge in [-0.3, -0.25) is 0 Å². The first-order valence-corrected chi connectivity index (χ1v) is 17.2. The second kappa shape index (κ2) is 13.0. The van der Waals surface area contributed by atoms with E-state index in [2.05, 4.69) is 61.9 Å². The fraction of sp³-hybridized carbons (Fsp3) is 0.194. The molecule has 4 aromatic carbocycles. The number of hydrogen-bond donors (Lipinski definition) is 2. The first-order chi connectivity index (χ1) is 22.3. The molecule has 0 spiro atoms. The normalized spacial score (nSPS) is 14.1. The van der Waals surface area contributed by atoms with Crippen LogP contribution in [0.3, 0.4) is 0 Å². The highest BCUT2D eigenvalue weighted by atomic mass is 35.5. The predicted molar refractivity (Wildman–Crippen MR) is 189 cm³/mol. The zero-order valence-electron chi connectivity index (χ0n) is 26.1. The van der Waals surface area contributed by atoms with Gasteiger partial charge in [0.25, 0.3) is 0 Å². The van der Waals surface area contributed by atoms with E-state index in [1.165, 1.54) is 0 Å². The van der Waals surface area contributed by atoms with Crippen molar-refractivity contribution >= 4 is 39.1 Å². The zero-order chi connectivity index (χ0) is 33.3. The first kappa shape index (κ1) is 32.5. The largest absolute Gasteiger partial charge is 0.494 e. The van der Waals surface area contributed by atoms with E-state index in [9.17, 15) is 13.5 Å². The fourth-order valence-corrected chi connectivity index (χ4v) is 6.73. The number of hydrogen-bond acceptors (Lipinski definition) is 5. The Morgan fingerprint density at radius 1 is 0.872 bits per heavy atom. The van der Waals surface area contributed by atoms with Crippen LogP contribution in [0.1, 0.15) is 38.6 Å². The van der Waals surface area contributed by atoms with Crippen molar-refractivity contribution in [1.29, 1.82) is 0 Å². The van der Waals surface area contributed by atoms with Crippen molar-refractivity contribution in [3.63, 3.8) is 0 Å². The Morgan fingerprint density at radius 3 is 2.11 bits per heavy atom. The second-order valence-electron chi connectivity index (χ2n) is 12.5. The molecule has 1 aliphatic rings. The second-order valence-corrected chi connectivity index (χ2v) is 14.9. The molecule has 0 radical (unpaired) electrons. The molecule has 0 aliphatic carbocycles. The van der Waals surface area contributed by atoms with E-state index in [1.54, 1.807) is 36.4 Å². The number of halogens is 2. The monoisotopic (exact) mass is 688 g/mol. The van der Waals surface area contributed by atoms with Crippen LogP contribution in [-0.2, 0) is 16.6 Å². The highest BCUT2D eigenvalue weighted by molar-refractivity contribution is 7.91. The van der Waals surface area contributed by atoms with Gasteiger partial charge in [-0.15, -0.1) is 0 Å². The predicted octanol–water partition coefficient (Wildman–Crippen LogP) is 8.93. The third-order valence-corrected chi connectivity index (χ3v) is 9.57. The van der Waals surface area contributed by atoms with Gasteiger partial charge in [-0.05, 0) is 83.1 Å². The third kappa shape index (κ3) is 7.59. The molecule has 2 heterocycles. The van der Waals surface area contributed by atoms with Crippen LogP contribution in [0.25, 0.3) is 28.1 Å². The van der Waals surface area contributed by atoms with Gasteiger partial charge >= 0.3 is 10.2 Å². The molecule has 0 fully saturated rings. The van der Waals surface area contributed by atoms with Crippen LogP contribution >= 0.6 is 23.2 Å². The Morgan fingerprint density at radius 2 is 1.51 bits per heavy atom.